The van der Waals surface area contributed by atoms with E-state index in [9.17, 15) is 0 Å². The largest absolute Gasteiger partial charge is 0.456 e. The molecule has 9 aromatic carbocycles. The van der Waals surface area contributed by atoms with Crippen LogP contribution in [0.4, 0.5) is 0 Å². The average Bonchev–Trinajstić information content (AvgIpc) is 3.83. The minimum Gasteiger partial charge on any atom is -0.456 e. The van der Waals surface area contributed by atoms with E-state index >= 15 is 0 Å². The van der Waals surface area contributed by atoms with Crippen molar-refractivity contribution >= 4 is 87.9 Å². The van der Waals surface area contributed by atoms with Gasteiger partial charge in [0.05, 0.1) is 0 Å². The van der Waals surface area contributed by atoms with Crippen molar-refractivity contribution in [3.8, 4) is 11.1 Å². The Bertz CT molecular complexity index is 3460. The summed E-state index contributed by atoms with van der Waals surface area (Å²) in [5.74, 6) is 1.46. The van der Waals surface area contributed by atoms with Crippen LogP contribution in [0.5, 0.6) is 0 Å². The summed E-state index contributed by atoms with van der Waals surface area (Å²) in [5, 5.41) is 15.2. The Kier molecular flexibility index (Phi) is 6.63. The summed E-state index contributed by atoms with van der Waals surface area (Å²) in [6.07, 6.45) is -0.419. The average molecular weight is 718 g/mol. The zero-order valence-electron chi connectivity index (χ0n) is 30.0. The van der Waals surface area contributed by atoms with Gasteiger partial charge in [0, 0.05) is 43.8 Å². The van der Waals surface area contributed by atoms with Crippen LogP contribution in [-0.4, -0.2) is 11.7 Å². The summed E-state index contributed by atoms with van der Waals surface area (Å²) in [4.78, 5) is 10.4. The number of nitrogens with one attached hydrogen (secondary N) is 1. The number of benzene rings is 9. The van der Waals surface area contributed by atoms with Gasteiger partial charge in [-0.25, -0.2) is 9.98 Å². The predicted molar refractivity (Wildman–Crippen MR) is 231 cm³/mol. The summed E-state index contributed by atoms with van der Waals surface area (Å²) in [6, 6.07) is 61.6. The van der Waals surface area contributed by atoms with Gasteiger partial charge >= 0.3 is 0 Å². The number of aliphatic imine (C=N–C) groups is 2. The fourth-order valence-corrected chi connectivity index (χ4v) is 8.58. The number of rotatable bonds is 4. The molecule has 1 N–H and O–H groups in total. The fraction of sp³-hybridized carbons (Fsp3) is 0.0196. The SMILES string of the molecule is c1ccc(C2=NC(c3cccc4oc5c(-c6ccc7oc8cc9ccccc9cc8c7c6)cccc5c34)NC(c3ccc4ccc5ccccc5c4c3)=N2)cc1. The molecule has 1 atom stereocenters. The first-order valence-electron chi connectivity index (χ1n) is 18.9. The lowest BCUT2D eigenvalue weighted by Crippen LogP contribution is -2.33. The molecule has 5 nitrogen and oxygen atoms in total. The number of hydrogen-bond donors (Lipinski definition) is 1. The van der Waals surface area contributed by atoms with Crippen molar-refractivity contribution in [3.63, 3.8) is 0 Å². The van der Waals surface area contributed by atoms with Crippen LogP contribution in [-0.2, 0) is 0 Å². The van der Waals surface area contributed by atoms with Gasteiger partial charge in [-0.05, 0) is 74.3 Å². The van der Waals surface area contributed by atoms with E-state index in [0.717, 1.165) is 77.5 Å². The van der Waals surface area contributed by atoms with E-state index in [-0.39, 0.29) is 0 Å². The van der Waals surface area contributed by atoms with Crippen molar-refractivity contribution in [2.45, 2.75) is 6.17 Å². The maximum Gasteiger partial charge on any atom is 0.159 e. The molecule has 0 bridgehead atoms. The zero-order chi connectivity index (χ0) is 36.7. The predicted octanol–water partition coefficient (Wildman–Crippen LogP) is 13.1. The highest BCUT2D eigenvalue weighted by Gasteiger charge is 2.25. The molecule has 11 aromatic rings. The third-order valence-corrected chi connectivity index (χ3v) is 11.3. The lowest BCUT2D eigenvalue weighted by molar-refractivity contribution is 0.663. The summed E-state index contributed by atoms with van der Waals surface area (Å²) >= 11 is 0. The highest BCUT2D eigenvalue weighted by molar-refractivity contribution is 6.17. The number of fused-ring (bicyclic) bond motifs is 10. The van der Waals surface area contributed by atoms with Gasteiger partial charge in [-0.1, -0.05) is 140 Å². The second-order valence-electron chi connectivity index (χ2n) is 14.6. The molecule has 1 unspecified atom stereocenters. The molecular formula is C51H31N3O2. The molecule has 56 heavy (non-hydrogen) atoms. The lowest BCUT2D eigenvalue weighted by atomic mass is 9.97. The van der Waals surface area contributed by atoms with Crippen molar-refractivity contribution in [1.29, 1.82) is 0 Å². The van der Waals surface area contributed by atoms with Crippen molar-refractivity contribution in [1.82, 2.24) is 5.32 Å². The van der Waals surface area contributed by atoms with Crippen molar-refractivity contribution in [2.24, 2.45) is 9.98 Å². The summed E-state index contributed by atoms with van der Waals surface area (Å²) < 4.78 is 13.1. The van der Waals surface area contributed by atoms with E-state index in [0.29, 0.717) is 5.84 Å². The highest BCUT2D eigenvalue weighted by Crippen LogP contribution is 2.42. The van der Waals surface area contributed by atoms with Crippen molar-refractivity contribution < 1.29 is 8.83 Å². The number of amidine groups is 2. The molecule has 5 heteroatoms. The van der Waals surface area contributed by atoms with Crippen LogP contribution in [0, 0.1) is 0 Å². The summed E-state index contributed by atoms with van der Waals surface area (Å²) in [6.45, 7) is 0. The van der Waals surface area contributed by atoms with E-state index < -0.39 is 6.17 Å². The van der Waals surface area contributed by atoms with Gasteiger partial charge in [0.15, 0.2) is 5.84 Å². The molecule has 0 fully saturated rings. The number of furan rings is 2. The molecule has 262 valence electrons. The van der Waals surface area contributed by atoms with E-state index in [1.54, 1.807) is 0 Å². The zero-order valence-corrected chi connectivity index (χ0v) is 30.0. The Balaban J connectivity index is 1.00. The monoisotopic (exact) mass is 717 g/mol. The number of para-hydroxylation sites is 1. The fourth-order valence-electron chi connectivity index (χ4n) is 8.58. The first-order valence-corrected chi connectivity index (χ1v) is 18.9. The molecular weight excluding hydrogens is 687 g/mol. The minimum absolute atomic E-state index is 0.419. The van der Waals surface area contributed by atoms with Crippen molar-refractivity contribution in [3.05, 3.63) is 193 Å². The Morgan fingerprint density at radius 3 is 2.02 bits per heavy atom. The van der Waals surface area contributed by atoms with Gasteiger partial charge in [0.2, 0.25) is 0 Å². The smallest absolute Gasteiger partial charge is 0.159 e. The topological polar surface area (TPSA) is 63.0 Å². The molecule has 2 aromatic heterocycles. The van der Waals surface area contributed by atoms with Crippen LogP contribution in [0.2, 0.25) is 0 Å². The second-order valence-corrected chi connectivity index (χ2v) is 14.6. The van der Waals surface area contributed by atoms with Gasteiger partial charge in [0.25, 0.3) is 0 Å². The van der Waals surface area contributed by atoms with Gasteiger partial charge in [-0.15, -0.1) is 0 Å². The molecule has 0 aliphatic carbocycles. The van der Waals surface area contributed by atoms with Crippen LogP contribution in [0.25, 0.3) is 87.3 Å². The van der Waals surface area contributed by atoms with Crippen LogP contribution in [0.1, 0.15) is 22.9 Å². The Morgan fingerprint density at radius 2 is 1.12 bits per heavy atom. The van der Waals surface area contributed by atoms with Gasteiger partial charge < -0.3 is 14.2 Å². The lowest BCUT2D eigenvalue weighted by Gasteiger charge is -2.24. The van der Waals surface area contributed by atoms with Crippen LogP contribution >= 0.6 is 0 Å². The van der Waals surface area contributed by atoms with Gasteiger partial charge in [0.1, 0.15) is 34.3 Å². The summed E-state index contributed by atoms with van der Waals surface area (Å²) in [7, 11) is 0. The van der Waals surface area contributed by atoms with Crippen molar-refractivity contribution in [2.75, 3.05) is 0 Å². The Morgan fingerprint density at radius 1 is 0.429 bits per heavy atom. The van der Waals surface area contributed by atoms with E-state index in [4.69, 9.17) is 18.8 Å². The second kappa shape index (κ2) is 12.0. The summed E-state index contributed by atoms with van der Waals surface area (Å²) in [5.41, 5.74) is 8.48. The van der Waals surface area contributed by atoms with E-state index in [2.05, 4.69) is 163 Å². The van der Waals surface area contributed by atoms with Crippen LogP contribution in [0.15, 0.2) is 195 Å². The Hall–Kier alpha value is -7.50. The van der Waals surface area contributed by atoms with E-state index in [1.807, 2.05) is 18.2 Å². The molecule has 3 heterocycles. The maximum absolute atomic E-state index is 6.79. The van der Waals surface area contributed by atoms with Crippen LogP contribution < -0.4 is 5.32 Å². The molecule has 0 spiro atoms. The first-order chi connectivity index (χ1) is 27.7. The third kappa shape index (κ3) is 4.81. The number of hydrogen-bond acceptors (Lipinski definition) is 5. The minimum atomic E-state index is -0.419. The molecule has 0 saturated heterocycles. The molecule has 12 rings (SSSR count). The molecule has 1 aliphatic heterocycles. The third-order valence-electron chi connectivity index (χ3n) is 11.3. The number of nitrogens with zero attached hydrogens (tertiary/aromatic N) is 2. The highest BCUT2D eigenvalue weighted by atomic mass is 16.3. The first kappa shape index (κ1) is 30.9. The Labute approximate surface area is 320 Å². The van der Waals surface area contributed by atoms with Crippen LogP contribution in [0.3, 0.4) is 0 Å². The quantitative estimate of drug-likeness (QED) is 0.184. The van der Waals surface area contributed by atoms with E-state index in [1.165, 1.54) is 32.3 Å². The molecule has 0 amide bonds. The standard InChI is InChI=1S/C51H31N3O2/c1-2-11-32(12-3-1)49-52-50(36-23-22-31-21-20-30-10-6-7-15-37(30)41(31)28-36)54-51(53-49)40-18-9-19-45-47(40)39-17-8-16-38(48(39)56-45)35-24-25-44-42(27-35)43-26-33-13-4-5-14-34(33)29-46(43)55-44/h1-29,51H,(H,52,53,54). The normalized spacial score (nSPS) is 14.6. The maximum atomic E-state index is 6.79. The van der Waals surface area contributed by atoms with Gasteiger partial charge in [-0.3, -0.25) is 0 Å². The van der Waals surface area contributed by atoms with Gasteiger partial charge in [-0.2, -0.15) is 0 Å². The molecule has 0 radical (unpaired) electrons. The molecule has 0 saturated carbocycles. The molecule has 1 aliphatic rings.